The van der Waals surface area contributed by atoms with Gasteiger partial charge >= 0.3 is 12.1 Å². The van der Waals surface area contributed by atoms with Crippen LogP contribution in [0.1, 0.15) is 16.1 Å². The first kappa shape index (κ1) is 12.2. The largest absolute Gasteiger partial charge is 0.477 e. The standard InChI is InChI=1S/C11H6F3NO3/c12-11(13,14)5-1-2-7-6(3-5)9(16)4-8(15-7)10(17)18/h1-4H,(H,15,16)(H,17,18). The Labute approximate surface area is 97.7 Å². The maximum absolute atomic E-state index is 12.4. The van der Waals surface area contributed by atoms with Gasteiger partial charge in [0.15, 0.2) is 5.43 Å². The first-order valence-electron chi connectivity index (χ1n) is 4.76. The second-order valence-corrected chi connectivity index (χ2v) is 3.61. The van der Waals surface area contributed by atoms with E-state index in [1.54, 1.807) is 0 Å². The van der Waals surface area contributed by atoms with E-state index in [0.717, 1.165) is 18.2 Å². The van der Waals surface area contributed by atoms with Crippen molar-refractivity contribution in [3.05, 3.63) is 45.7 Å². The van der Waals surface area contributed by atoms with Gasteiger partial charge in [-0.1, -0.05) is 0 Å². The van der Waals surface area contributed by atoms with Gasteiger partial charge in [-0.25, -0.2) is 4.79 Å². The molecule has 2 N–H and O–H groups in total. The average Bonchev–Trinajstić information content (AvgIpc) is 2.27. The lowest BCUT2D eigenvalue weighted by Crippen LogP contribution is -2.11. The lowest BCUT2D eigenvalue weighted by atomic mass is 10.1. The van der Waals surface area contributed by atoms with Crippen molar-refractivity contribution in [1.29, 1.82) is 0 Å². The molecule has 0 radical (unpaired) electrons. The van der Waals surface area contributed by atoms with E-state index >= 15 is 0 Å². The molecule has 18 heavy (non-hydrogen) atoms. The van der Waals surface area contributed by atoms with E-state index in [1.807, 2.05) is 0 Å². The van der Waals surface area contributed by atoms with E-state index in [0.29, 0.717) is 6.07 Å². The van der Waals surface area contributed by atoms with Gasteiger partial charge in [0, 0.05) is 17.0 Å². The van der Waals surface area contributed by atoms with Gasteiger partial charge in [-0.15, -0.1) is 0 Å². The van der Waals surface area contributed by atoms with Gasteiger partial charge in [0.2, 0.25) is 0 Å². The van der Waals surface area contributed by atoms with Crippen LogP contribution in [-0.4, -0.2) is 16.1 Å². The zero-order valence-corrected chi connectivity index (χ0v) is 8.71. The second-order valence-electron chi connectivity index (χ2n) is 3.61. The number of aromatic nitrogens is 1. The van der Waals surface area contributed by atoms with E-state index in [4.69, 9.17) is 5.11 Å². The summed E-state index contributed by atoms with van der Waals surface area (Å²) in [6.45, 7) is 0. The number of nitrogens with one attached hydrogen (secondary N) is 1. The summed E-state index contributed by atoms with van der Waals surface area (Å²) in [6.07, 6.45) is -4.55. The monoisotopic (exact) mass is 257 g/mol. The Kier molecular flexibility index (Phi) is 2.61. The smallest absolute Gasteiger partial charge is 0.416 e. The lowest BCUT2D eigenvalue weighted by Gasteiger charge is -2.07. The Morgan fingerprint density at radius 2 is 1.89 bits per heavy atom. The van der Waals surface area contributed by atoms with Gasteiger partial charge in [0.05, 0.1) is 5.56 Å². The number of alkyl halides is 3. The SMILES string of the molecule is O=C(O)c1cc(=O)c2cc(C(F)(F)F)ccc2[nH]1. The molecular weight excluding hydrogens is 251 g/mol. The summed E-state index contributed by atoms with van der Waals surface area (Å²) in [4.78, 5) is 24.6. The van der Waals surface area contributed by atoms with Crippen molar-refractivity contribution >= 4 is 16.9 Å². The highest BCUT2D eigenvalue weighted by Crippen LogP contribution is 2.30. The number of hydrogen-bond donors (Lipinski definition) is 2. The lowest BCUT2D eigenvalue weighted by molar-refractivity contribution is -0.137. The number of hydrogen-bond acceptors (Lipinski definition) is 2. The van der Waals surface area contributed by atoms with Crippen LogP contribution >= 0.6 is 0 Å². The normalized spacial score (nSPS) is 11.7. The minimum atomic E-state index is -4.55. The minimum absolute atomic E-state index is 0.0490. The third-order valence-electron chi connectivity index (χ3n) is 2.39. The summed E-state index contributed by atoms with van der Waals surface area (Å²) < 4.78 is 37.3. The van der Waals surface area contributed by atoms with Crippen molar-refractivity contribution in [1.82, 2.24) is 4.98 Å². The Hall–Kier alpha value is -2.31. The zero-order chi connectivity index (χ0) is 13.5. The molecule has 2 aromatic rings. The molecule has 0 spiro atoms. The molecule has 4 nitrogen and oxygen atoms in total. The summed E-state index contributed by atoms with van der Waals surface area (Å²) in [7, 11) is 0. The Balaban J connectivity index is 2.74. The number of halogens is 3. The number of pyridine rings is 1. The first-order chi connectivity index (χ1) is 8.29. The summed E-state index contributed by atoms with van der Waals surface area (Å²) in [5.74, 6) is -1.35. The highest BCUT2D eigenvalue weighted by Gasteiger charge is 2.30. The van der Waals surface area contributed by atoms with Gasteiger partial charge < -0.3 is 10.1 Å². The van der Waals surface area contributed by atoms with Crippen LogP contribution in [0.25, 0.3) is 10.9 Å². The Bertz CT molecular complexity index is 688. The molecule has 0 fully saturated rings. The van der Waals surface area contributed by atoms with Crippen LogP contribution in [0.15, 0.2) is 29.1 Å². The highest BCUT2D eigenvalue weighted by molar-refractivity contribution is 5.89. The van der Waals surface area contributed by atoms with Gasteiger partial charge in [-0.05, 0) is 18.2 Å². The van der Waals surface area contributed by atoms with Crippen LogP contribution < -0.4 is 5.43 Å². The number of carbonyl (C=O) groups is 1. The van der Waals surface area contributed by atoms with Gasteiger partial charge in [0.25, 0.3) is 0 Å². The van der Waals surface area contributed by atoms with Crippen LogP contribution in [-0.2, 0) is 6.18 Å². The minimum Gasteiger partial charge on any atom is -0.477 e. The second kappa shape index (κ2) is 3.86. The Morgan fingerprint density at radius 3 is 2.44 bits per heavy atom. The van der Waals surface area contributed by atoms with E-state index in [-0.39, 0.29) is 16.6 Å². The van der Waals surface area contributed by atoms with Crippen LogP contribution in [0.2, 0.25) is 0 Å². The van der Waals surface area contributed by atoms with Crippen molar-refractivity contribution in [2.45, 2.75) is 6.18 Å². The van der Waals surface area contributed by atoms with Crippen LogP contribution in [0, 0.1) is 0 Å². The molecule has 2 rings (SSSR count). The molecule has 7 heteroatoms. The fourth-order valence-corrected chi connectivity index (χ4v) is 1.54. The molecule has 0 unspecified atom stereocenters. The number of H-pyrrole nitrogens is 1. The van der Waals surface area contributed by atoms with E-state index in [1.165, 1.54) is 0 Å². The molecule has 1 aromatic carbocycles. The van der Waals surface area contributed by atoms with Gasteiger partial charge in [0.1, 0.15) is 5.69 Å². The van der Waals surface area contributed by atoms with E-state index in [2.05, 4.69) is 4.98 Å². The molecule has 0 aliphatic rings. The topological polar surface area (TPSA) is 70.2 Å². The molecular formula is C11H6F3NO3. The van der Waals surface area contributed by atoms with Gasteiger partial charge in [-0.3, -0.25) is 4.79 Å². The summed E-state index contributed by atoms with van der Waals surface area (Å²) in [6, 6.07) is 3.26. The molecule has 0 bridgehead atoms. The van der Waals surface area contributed by atoms with Crippen molar-refractivity contribution in [3.8, 4) is 0 Å². The molecule has 0 aliphatic heterocycles. The van der Waals surface area contributed by atoms with Crippen LogP contribution in [0.4, 0.5) is 13.2 Å². The van der Waals surface area contributed by atoms with Crippen LogP contribution in [0.5, 0.6) is 0 Å². The predicted molar refractivity (Wildman–Crippen MR) is 56.5 cm³/mol. The number of fused-ring (bicyclic) bond motifs is 1. The Morgan fingerprint density at radius 1 is 1.22 bits per heavy atom. The molecule has 0 saturated heterocycles. The maximum Gasteiger partial charge on any atom is 0.416 e. The summed E-state index contributed by atoms with van der Waals surface area (Å²) >= 11 is 0. The number of carboxylic acid groups (broad SMARTS) is 1. The van der Waals surface area contributed by atoms with Gasteiger partial charge in [-0.2, -0.15) is 13.2 Å². The third-order valence-corrected chi connectivity index (χ3v) is 2.39. The quantitative estimate of drug-likeness (QED) is 0.823. The molecule has 1 aromatic heterocycles. The first-order valence-corrected chi connectivity index (χ1v) is 4.76. The van der Waals surface area contributed by atoms with Crippen molar-refractivity contribution in [2.24, 2.45) is 0 Å². The fraction of sp³-hybridized carbons (Fsp3) is 0.0909. The van der Waals surface area contributed by atoms with Crippen molar-refractivity contribution < 1.29 is 23.1 Å². The number of rotatable bonds is 1. The molecule has 0 atom stereocenters. The zero-order valence-electron chi connectivity index (χ0n) is 8.71. The number of benzene rings is 1. The number of aromatic carboxylic acids is 1. The predicted octanol–water partition coefficient (Wildman–Crippen LogP) is 2.25. The molecule has 0 saturated carbocycles. The van der Waals surface area contributed by atoms with E-state index < -0.39 is 23.1 Å². The van der Waals surface area contributed by atoms with Crippen molar-refractivity contribution in [3.63, 3.8) is 0 Å². The van der Waals surface area contributed by atoms with Crippen LogP contribution in [0.3, 0.4) is 0 Å². The highest BCUT2D eigenvalue weighted by atomic mass is 19.4. The summed E-state index contributed by atoms with van der Waals surface area (Å²) in [5, 5.41) is 8.50. The molecule has 0 aliphatic carbocycles. The molecule has 0 amide bonds. The third kappa shape index (κ3) is 2.06. The fourth-order valence-electron chi connectivity index (χ4n) is 1.54. The number of aromatic amines is 1. The number of carboxylic acids is 1. The molecule has 1 heterocycles. The molecule has 94 valence electrons. The van der Waals surface area contributed by atoms with E-state index in [9.17, 15) is 22.8 Å². The van der Waals surface area contributed by atoms with Crippen molar-refractivity contribution in [2.75, 3.05) is 0 Å². The summed E-state index contributed by atoms with van der Waals surface area (Å²) in [5.41, 5.74) is -2.05. The maximum atomic E-state index is 12.4. The average molecular weight is 257 g/mol.